The fourth-order valence-corrected chi connectivity index (χ4v) is 3.19. The van der Waals surface area contributed by atoms with Gasteiger partial charge >= 0.3 is 0 Å². The summed E-state index contributed by atoms with van der Waals surface area (Å²) in [5.74, 6) is 0.838. The monoisotopic (exact) mass is 287 g/mol. The number of benzene rings is 1. The van der Waals surface area contributed by atoms with E-state index in [2.05, 4.69) is 0 Å². The number of aliphatic hydroxyl groups excluding tert-OH is 1. The van der Waals surface area contributed by atoms with E-state index < -0.39 is 0 Å². The molecule has 4 nitrogen and oxygen atoms in total. The molecule has 1 N–H and O–H groups in total. The van der Waals surface area contributed by atoms with Gasteiger partial charge in [-0.2, -0.15) is 0 Å². The molecule has 1 aromatic carbocycles. The fraction of sp³-hybridized carbons (Fsp3) is 0.471. The molecular weight excluding hydrogens is 266 g/mol. The molecular formula is C17H21NO3. The molecule has 2 heterocycles. The van der Waals surface area contributed by atoms with Gasteiger partial charge < -0.3 is 14.4 Å². The summed E-state index contributed by atoms with van der Waals surface area (Å²) in [6.07, 6.45) is 2.85. The van der Waals surface area contributed by atoms with E-state index in [0.717, 1.165) is 48.9 Å². The first-order valence-corrected chi connectivity index (χ1v) is 7.59. The van der Waals surface area contributed by atoms with Gasteiger partial charge in [0, 0.05) is 30.6 Å². The smallest absolute Gasteiger partial charge is 0.289 e. The van der Waals surface area contributed by atoms with E-state index in [4.69, 9.17) is 9.52 Å². The lowest BCUT2D eigenvalue weighted by Gasteiger charge is -2.32. The lowest BCUT2D eigenvalue weighted by molar-refractivity contribution is 0.0623. The summed E-state index contributed by atoms with van der Waals surface area (Å²) in [7, 11) is 0. The molecule has 0 saturated carbocycles. The van der Waals surface area contributed by atoms with Crippen LogP contribution in [0.5, 0.6) is 0 Å². The van der Waals surface area contributed by atoms with Crippen LogP contribution >= 0.6 is 0 Å². The highest BCUT2D eigenvalue weighted by molar-refractivity contribution is 5.98. The third-order valence-electron chi connectivity index (χ3n) is 4.38. The molecule has 1 aliphatic rings. The quantitative estimate of drug-likeness (QED) is 0.944. The highest BCUT2D eigenvalue weighted by atomic mass is 16.3. The molecule has 1 fully saturated rings. The maximum atomic E-state index is 12.7. The van der Waals surface area contributed by atoms with Crippen molar-refractivity contribution in [3.8, 4) is 0 Å². The molecule has 112 valence electrons. The Labute approximate surface area is 124 Å². The Bertz CT molecular complexity index is 645. The van der Waals surface area contributed by atoms with E-state index in [-0.39, 0.29) is 12.5 Å². The first kappa shape index (κ1) is 14.1. The lowest BCUT2D eigenvalue weighted by atomic mass is 9.95. The molecule has 1 unspecified atom stereocenters. The van der Waals surface area contributed by atoms with Gasteiger partial charge in [0.15, 0.2) is 5.76 Å². The summed E-state index contributed by atoms with van der Waals surface area (Å²) < 4.78 is 5.77. The molecule has 0 aliphatic carbocycles. The minimum Gasteiger partial charge on any atom is -0.451 e. The maximum absolute atomic E-state index is 12.7. The van der Waals surface area contributed by atoms with Crippen LogP contribution in [0.2, 0.25) is 0 Å². The van der Waals surface area contributed by atoms with Crippen LogP contribution in [-0.4, -0.2) is 35.6 Å². The van der Waals surface area contributed by atoms with Gasteiger partial charge in [-0.15, -0.1) is 0 Å². The van der Waals surface area contributed by atoms with Crippen molar-refractivity contribution in [1.29, 1.82) is 0 Å². The van der Waals surface area contributed by atoms with Gasteiger partial charge in [0.1, 0.15) is 5.58 Å². The first-order valence-electron chi connectivity index (χ1n) is 7.59. The second-order valence-corrected chi connectivity index (χ2v) is 5.82. The van der Waals surface area contributed by atoms with Crippen LogP contribution in [0.15, 0.2) is 28.7 Å². The number of para-hydroxylation sites is 1. The number of nitrogens with zero attached hydrogens (tertiary/aromatic N) is 1. The number of aryl methyl sites for hydroxylation is 1. The van der Waals surface area contributed by atoms with Gasteiger partial charge in [-0.25, -0.2) is 0 Å². The van der Waals surface area contributed by atoms with Crippen LogP contribution in [0.1, 0.15) is 35.4 Å². The van der Waals surface area contributed by atoms with Crippen LogP contribution in [0.3, 0.4) is 0 Å². The van der Waals surface area contributed by atoms with Crippen molar-refractivity contribution in [3.05, 3.63) is 35.6 Å². The van der Waals surface area contributed by atoms with Crippen molar-refractivity contribution >= 4 is 16.9 Å². The number of likely N-dealkylation sites (tertiary alicyclic amines) is 1. The molecule has 1 aromatic heterocycles. The van der Waals surface area contributed by atoms with E-state index in [1.807, 2.05) is 36.1 Å². The largest absolute Gasteiger partial charge is 0.451 e. The number of fused-ring (bicyclic) bond motifs is 1. The van der Waals surface area contributed by atoms with Gasteiger partial charge in [0.25, 0.3) is 5.91 Å². The Balaban J connectivity index is 1.84. The molecule has 1 amide bonds. The Morgan fingerprint density at radius 1 is 1.43 bits per heavy atom. The predicted molar refractivity (Wildman–Crippen MR) is 81.3 cm³/mol. The molecule has 0 bridgehead atoms. The Hall–Kier alpha value is -1.81. The number of amides is 1. The van der Waals surface area contributed by atoms with E-state index in [9.17, 15) is 4.79 Å². The average Bonchev–Trinajstić information content (AvgIpc) is 2.85. The zero-order chi connectivity index (χ0) is 14.8. The van der Waals surface area contributed by atoms with Crippen molar-refractivity contribution in [2.75, 3.05) is 19.7 Å². The lowest BCUT2D eigenvalue weighted by Crippen LogP contribution is -2.40. The van der Waals surface area contributed by atoms with Crippen molar-refractivity contribution in [2.24, 2.45) is 5.92 Å². The zero-order valence-electron chi connectivity index (χ0n) is 12.3. The summed E-state index contributed by atoms with van der Waals surface area (Å²) in [5, 5.41) is 10.1. The topological polar surface area (TPSA) is 53.7 Å². The summed E-state index contributed by atoms with van der Waals surface area (Å²) >= 11 is 0. The first-order chi connectivity index (χ1) is 10.2. The maximum Gasteiger partial charge on any atom is 0.289 e. The summed E-state index contributed by atoms with van der Waals surface area (Å²) in [6, 6.07) is 7.74. The highest BCUT2D eigenvalue weighted by Gasteiger charge is 2.27. The molecule has 0 spiro atoms. The van der Waals surface area contributed by atoms with Crippen molar-refractivity contribution < 1.29 is 14.3 Å². The second kappa shape index (κ2) is 5.90. The van der Waals surface area contributed by atoms with E-state index >= 15 is 0 Å². The standard InChI is InChI=1S/C17H21NO3/c1-12-14-6-2-3-7-15(14)21-16(12)17(20)18-9-4-5-13(11-18)8-10-19/h2-3,6-7,13,19H,4-5,8-11H2,1H3. The van der Waals surface area contributed by atoms with Crippen molar-refractivity contribution in [1.82, 2.24) is 4.90 Å². The molecule has 1 atom stereocenters. The number of hydrogen-bond acceptors (Lipinski definition) is 3. The second-order valence-electron chi connectivity index (χ2n) is 5.82. The van der Waals surface area contributed by atoms with Gasteiger partial charge in [0.2, 0.25) is 0 Å². The SMILES string of the molecule is Cc1c(C(=O)N2CCCC(CCO)C2)oc2ccccc12. The Morgan fingerprint density at radius 2 is 2.24 bits per heavy atom. The van der Waals surface area contributed by atoms with Gasteiger partial charge in [-0.3, -0.25) is 4.79 Å². The molecule has 0 radical (unpaired) electrons. The number of aliphatic hydroxyl groups is 1. The van der Waals surface area contributed by atoms with Gasteiger partial charge in [-0.1, -0.05) is 18.2 Å². The van der Waals surface area contributed by atoms with E-state index in [1.165, 1.54) is 0 Å². The van der Waals surface area contributed by atoms with E-state index in [1.54, 1.807) is 0 Å². The zero-order valence-corrected chi connectivity index (χ0v) is 12.3. The molecule has 3 rings (SSSR count). The third-order valence-corrected chi connectivity index (χ3v) is 4.38. The molecule has 1 aliphatic heterocycles. The fourth-order valence-electron chi connectivity index (χ4n) is 3.19. The minimum absolute atomic E-state index is 0.0219. The molecule has 4 heteroatoms. The predicted octanol–water partition coefficient (Wildman–Crippen LogP) is 2.98. The van der Waals surface area contributed by atoms with E-state index in [0.29, 0.717) is 11.7 Å². The minimum atomic E-state index is -0.0219. The normalized spacial score (nSPS) is 19.1. The van der Waals surface area contributed by atoms with Crippen LogP contribution in [-0.2, 0) is 0 Å². The van der Waals surface area contributed by atoms with Gasteiger partial charge in [0.05, 0.1) is 0 Å². The number of hydrogen-bond donors (Lipinski definition) is 1. The van der Waals surface area contributed by atoms with Crippen LogP contribution in [0.4, 0.5) is 0 Å². The summed E-state index contributed by atoms with van der Waals surface area (Å²) in [6.45, 7) is 3.62. The van der Waals surface area contributed by atoms with Crippen molar-refractivity contribution in [2.45, 2.75) is 26.2 Å². The summed E-state index contributed by atoms with van der Waals surface area (Å²) in [5.41, 5.74) is 1.68. The van der Waals surface area contributed by atoms with Crippen LogP contribution in [0, 0.1) is 12.8 Å². The van der Waals surface area contributed by atoms with Gasteiger partial charge in [-0.05, 0) is 38.2 Å². The highest BCUT2D eigenvalue weighted by Crippen LogP contribution is 2.28. The number of carbonyl (C=O) groups excluding carboxylic acids is 1. The summed E-state index contributed by atoms with van der Waals surface area (Å²) in [4.78, 5) is 14.6. The molecule has 2 aromatic rings. The Kier molecular flexibility index (Phi) is 3.97. The average molecular weight is 287 g/mol. The van der Waals surface area contributed by atoms with Crippen LogP contribution < -0.4 is 0 Å². The molecule has 1 saturated heterocycles. The number of rotatable bonds is 3. The number of furan rings is 1. The Morgan fingerprint density at radius 3 is 3.00 bits per heavy atom. The third kappa shape index (κ3) is 2.68. The number of carbonyl (C=O) groups is 1. The number of piperidine rings is 1. The molecule has 21 heavy (non-hydrogen) atoms. The van der Waals surface area contributed by atoms with Crippen LogP contribution in [0.25, 0.3) is 11.0 Å². The van der Waals surface area contributed by atoms with Crippen molar-refractivity contribution in [3.63, 3.8) is 0 Å².